The molecule has 0 aromatic heterocycles. The number of carbonyl (C=O) groups excluding carboxylic acids is 1. The fourth-order valence-electron chi connectivity index (χ4n) is 4.08. The molecule has 2 aliphatic rings. The van der Waals surface area contributed by atoms with Gasteiger partial charge >= 0.3 is 5.97 Å². The van der Waals surface area contributed by atoms with Crippen molar-refractivity contribution in [3.8, 4) is 0 Å². The number of hydrogen-bond donors (Lipinski definition) is 1. The molecule has 1 N–H and O–H groups in total. The maximum Gasteiger partial charge on any atom is 0.307 e. The number of piperazine rings is 1. The molecule has 1 heterocycles. The summed E-state index contributed by atoms with van der Waals surface area (Å²) >= 11 is 6.11. The molecule has 0 unspecified atom stereocenters. The Hall–Kier alpha value is -1.92. The van der Waals surface area contributed by atoms with Crippen LogP contribution in [0.4, 0.5) is 4.39 Å². The van der Waals surface area contributed by atoms with Gasteiger partial charge in [-0.2, -0.15) is 0 Å². The van der Waals surface area contributed by atoms with Gasteiger partial charge in [0.2, 0.25) is 5.91 Å². The molecule has 1 aliphatic carbocycles. The maximum absolute atomic E-state index is 14.0. The average Bonchev–Trinajstić information content (AvgIpc) is 2.66. The van der Waals surface area contributed by atoms with Crippen LogP contribution < -0.4 is 0 Å². The van der Waals surface area contributed by atoms with E-state index in [0.29, 0.717) is 56.2 Å². The number of rotatable bonds is 4. The summed E-state index contributed by atoms with van der Waals surface area (Å²) in [5.74, 6) is -2.48. The van der Waals surface area contributed by atoms with E-state index in [1.165, 1.54) is 6.07 Å². The quantitative estimate of drug-likeness (QED) is 0.774. The van der Waals surface area contributed by atoms with Crippen LogP contribution in [0.5, 0.6) is 0 Å². The van der Waals surface area contributed by atoms with E-state index < -0.39 is 17.8 Å². The van der Waals surface area contributed by atoms with Crippen molar-refractivity contribution in [2.75, 3.05) is 26.2 Å². The van der Waals surface area contributed by atoms with Crippen LogP contribution in [0.2, 0.25) is 5.02 Å². The minimum Gasteiger partial charge on any atom is -0.481 e. The fraction of sp³-hybridized carbons (Fsp3) is 0.524. The lowest BCUT2D eigenvalue weighted by molar-refractivity contribution is -0.151. The largest absolute Gasteiger partial charge is 0.481 e. The van der Waals surface area contributed by atoms with Crippen LogP contribution in [0.3, 0.4) is 0 Å². The second-order valence-corrected chi connectivity index (χ2v) is 8.23. The van der Waals surface area contributed by atoms with E-state index in [0.717, 1.165) is 11.1 Å². The van der Waals surface area contributed by atoms with Crippen molar-refractivity contribution in [2.45, 2.75) is 33.2 Å². The van der Waals surface area contributed by atoms with E-state index in [4.69, 9.17) is 11.6 Å². The maximum atomic E-state index is 14.0. The summed E-state index contributed by atoms with van der Waals surface area (Å²) in [5.41, 5.74) is 2.66. The van der Waals surface area contributed by atoms with E-state index in [9.17, 15) is 19.1 Å². The molecular formula is C21H26ClFN2O3. The van der Waals surface area contributed by atoms with Crippen molar-refractivity contribution in [1.82, 2.24) is 9.80 Å². The van der Waals surface area contributed by atoms with E-state index in [2.05, 4.69) is 4.90 Å². The highest BCUT2D eigenvalue weighted by atomic mass is 35.5. The molecule has 0 bridgehead atoms. The van der Waals surface area contributed by atoms with Crippen LogP contribution in [0, 0.1) is 17.7 Å². The van der Waals surface area contributed by atoms with Crippen molar-refractivity contribution >= 4 is 23.5 Å². The highest BCUT2D eigenvalue weighted by Gasteiger charge is 2.39. The Labute approximate surface area is 169 Å². The van der Waals surface area contributed by atoms with Gasteiger partial charge in [-0.1, -0.05) is 28.8 Å². The summed E-state index contributed by atoms with van der Waals surface area (Å²) < 4.78 is 14.0. The number of carboxylic acid groups (broad SMARTS) is 1. The molecular weight excluding hydrogens is 383 g/mol. The zero-order chi connectivity index (χ0) is 20.4. The smallest absolute Gasteiger partial charge is 0.307 e. The highest BCUT2D eigenvalue weighted by Crippen LogP contribution is 2.35. The predicted octanol–water partition coefficient (Wildman–Crippen LogP) is 3.57. The Bertz CT molecular complexity index is 783. The molecule has 1 aromatic carbocycles. The van der Waals surface area contributed by atoms with Crippen molar-refractivity contribution in [2.24, 2.45) is 11.8 Å². The first-order valence-corrected chi connectivity index (χ1v) is 9.97. The highest BCUT2D eigenvalue weighted by molar-refractivity contribution is 6.31. The standard InChI is InChI=1S/C21H26ClFN2O3/c1-13-10-15(16(21(27)28)11-14(13)2)20(26)25-8-6-24(7-9-25)12-17-18(22)4-3-5-19(17)23/h3-5,15-16H,6-12H2,1-2H3,(H,27,28)/t15-,16-/m0/s1. The molecule has 3 rings (SSSR count). The van der Waals surface area contributed by atoms with E-state index in [1.54, 1.807) is 17.0 Å². The van der Waals surface area contributed by atoms with Crippen molar-refractivity contribution in [3.05, 3.63) is 45.7 Å². The second kappa shape index (κ2) is 8.62. The van der Waals surface area contributed by atoms with Crippen LogP contribution in [0.15, 0.2) is 29.3 Å². The first-order chi connectivity index (χ1) is 13.3. The predicted molar refractivity (Wildman–Crippen MR) is 105 cm³/mol. The van der Waals surface area contributed by atoms with E-state index >= 15 is 0 Å². The molecule has 0 spiro atoms. The number of benzene rings is 1. The van der Waals surface area contributed by atoms with Crippen LogP contribution in [-0.2, 0) is 16.1 Å². The number of aliphatic carboxylic acids is 1. The average molecular weight is 409 g/mol. The molecule has 152 valence electrons. The molecule has 1 fully saturated rings. The Morgan fingerprint density at radius 1 is 1.11 bits per heavy atom. The molecule has 0 saturated carbocycles. The second-order valence-electron chi connectivity index (χ2n) is 7.82. The van der Waals surface area contributed by atoms with Gasteiger partial charge in [0, 0.05) is 43.3 Å². The summed E-state index contributed by atoms with van der Waals surface area (Å²) in [6.07, 6.45) is 0.940. The molecule has 1 aliphatic heterocycles. The first-order valence-electron chi connectivity index (χ1n) is 9.60. The van der Waals surface area contributed by atoms with Gasteiger partial charge in [0.1, 0.15) is 5.82 Å². The summed E-state index contributed by atoms with van der Waals surface area (Å²) in [5, 5.41) is 9.97. The van der Waals surface area contributed by atoms with E-state index in [-0.39, 0.29) is 11.7 Å². The number of nitrogens with zero attached hydrogens (tertiary/aromatic N) is 2. The van der Waals surface area contributed by atoms with Gasteiger partial charge in [-0.25, -0.2) is 4.39 Å². The zero-order valence-corrected chi connectivity index (χ0v) is 17.0. The van der Waals surface area contributed by atoms with Gasteiger partial charge in [-0.3, -0.25) is 14.5 Å². The number of amides is 1. The molecule has 1 amide bonds. The molecule has 0 radical (unpaired) electrons. The lowest BCUT2D eigenvalue weighted by atomic mass is 9.76. The molecule has 28 heavy (non-hydrogen) atoms. The third kappa shape index (κ3) is 4.39. The number of carboxylic acids is 1. The SMILES string of the molecule is CC1=C(C)C[C@H](C(=O)N2CCN(Cc3c(F)cccc3Cl)CC2)[C@@H](C(=O)O)C1. The van der Waals surface area contributed by atoms with Crippen LogP contribution in [-0.4, -0.2) is 53.0 Å². The topological polar surface area (TPSA) is 60.9 Å². The lowest BCUT2D eigenvalue weighted by Gasteiger charge is -2.39. The molecule has 1 aromatic rings. The molecule has 1 saturated heterocycles. The third-order valence-electron chi connectivity index (χ3n) is 6.03. The summed E-state index contributed by atoms with van der Waals surface area (Å²) in [4.78, 5) is 28.5. The zero-order valence-electron chi connectivity index (χ0n) is 16.3. The summed E-state index contributed by atoms with van der Waals surface area (Å²) in [7, 11) is 0. The van der Waals surface area contributed by atoms with Crippen molar-refractivity contribution < 1.29 is 19.1 Å². The number of halogens is 2. The molecule has 7 heteroatoms. The van der Waals surface area contributed by atoms with Gasteiger partial charge < -0.3 is 10.0 Å². The Balaban J connectivity index is 1.63. The van der Waals surface area contributed by atoms with Crippen molar-refractivity contribution in [1.29, 1.82) is 0 Å². The van der Waals surface area contributed by atoms with Crippen LogP contribution in [0.25, 0.3) is 0 Å². The Morgan fingerprint density at radius 3 is 2.29 bits per heavy atom. The first kappa shape index (κ1) is 20.8. The molecule has 5 nitrogen and oxygen atoms in total. The van der Waals surface area contributed by atoms with Gasteiger partial charge in [0.05, 0.1) is 11.8 Å². The van der Waals surface area contributed by atoms with Crippen LogP contribution >= 0.6 is 11.6 Å². The monoisotopic (exact) mass is 408 g/mol. The fourth-order valence-corrected chi connectivity index (χ4v) is 4.30. The minimum absolute atomic E-state index is 0.0807. The van der Waals surface area contributed by atoms with Gasteiger partial charge in [-0.15, -0.1) is 0 Å². The number of carbonyl (C=O) groups is 2. The lowest BCUT2D eigenvalue weighted by Crippen LogP contribution is -2.51. The Morgan fingerprint density at radius 2 is 1.71 bits per heavy atom. The number of allylic oxidation sites excluding steroid dienone is 2. The summed E-state index contributed by atoms with van der Waals surface area (Å²) in [6, 6.07) is 4.65. The normalized spacial score (nSPS) is 23.8. The minimum atomic E-state index is -0.905. The van der Waals surface area contributed by atoms with E-state index in [1.807, 2.05) is 13.8 Å². The van der Waals surface area contributed by atoms with Gasteiger partial charge in [0.15, 0.2) is 0 Å². The van der Waals surface area contributed by atoms with Gasteiger partial charge in [-0.05, 0) is 38.8 Å². The Kier molecular flexibility index (Phi) is 6.40. The molecule has 2 atom stereocenters. The summed E-state index contributed by atoms with van der Waals surface area (Å²) in [6.45, 7) is 6.55. The van der Waals surface area contributed by atoms with Crippen LogP contribution in [0.1, 0.15) is 32.3 Å². The third-order valence-corrected chi connectivity index (χ3v) is 6.38. The van der Waals surface area contributed by atoms with Gasteiger partial charge in [0.25, 0.3) is 0 Å². The van der Waals surface area contributed by atoms with Crippen molar-refractivity contribution in [3.63, 3.8) is 0 Å². The number of hydrogen-bond acceptors (Lipinski definition) is 3.